The van der Waals surface area contributed by atoms with Gasteiger partial charge in [0, 0.05) is 26.7 Å². The highest BCUT2D eigenvalue weighted by atomic mass is 19.1. The highest BCUT2D eigenvalue weighted by molar-refractivity contribution is 5.79. The number of benzene rings is 1. The summed E-state index contributed by atoms with van der Waals surface area (Å²) in [6.07, 6.45) is 2.62. The maximum absolute atomic E-state index is 13.6. The Bertz CT molecular complexity index is 575. The average Bonchev–Trinajstić information content (AvgIpc) is 3.42. The molecule has 1 aromatic carbocycles. The highest BCUT2D eigenvalue weighted by Crippen LogP contribution is 2.28. The van der Waals surface area contributed by atoms with Crippen molar-refractivity contribution in [3.63, 3.8) is 0 Å². The molecule has 1 aromatic rings. The number of guanidine groups is 1. The van der Waals surface area contributed by atoms with Gasteiger partial charge in [0.1, 0.15) is 5.82 Å². The maximum Gasteiger partial charge on any atom is 0.193 e. The molecule has 0 spiro atoms. The molecular weight excluding hydrogens is 331 g/mol. The second kappa shape index (κ2) is 10.5. The van der Waals surface area contributed by atoms with Crippen molar-refractivity contribution in [3.8, 4) is 0 Å². The normalized spacial score (nSPS) is 16.0. The van der Waals surface area contributed by atoms with Gasteiger partial charge in [0.2, 0.25) is 0 Å². The van der Waals surface area contributed by atoms with Crippen LogP contribution in [0.3, 0.4) is 0 Å². The van der Waals surface area contributed by atoms with Crippen molar-refractivity contribution in [3.05, 3.63) is 35.6 Å². The van der Waals surface area contributed by atoms with Gasteiger partial charge in [-0.3, -0.25) is 4.99 Å². The van der Waals surface area contributed by atoms with E-state index in [1.54, 1.807) is 12.1 Å². The van der Waals surface area contributed by atoms with Crippen molar-refractivity contribution in [1.82, 2.24) is 15.1 Å². The van der Waals surface area contributed by atoms with Gasteiger partial charge in [-0.1, -0.05) is 12.1 Å². The van der Waals surface area contributed by atoms with Crippen molar-refractivity contribution in [2.24, 2.45) is 10.9 Å². The van der Waals surface area contributed by atoms with Crippen molar-refractivity contribution in [2.75, 3.05) is 54.0 Å². The SMILES string of the molecule is CCNC(=NCC(c1cccc(F)c1)N(C)C)N(C)CCOCC1CC1. The number of nitrogens with zero attached hydrogens (tertiary/aromatic N) is 3. The minimum Gasteiger partial charge on any atom is -0.379 e. The minimum atomic E-state index is -0.213. The fourth-order valence-corrected chi connectivity index (χ4v) is 2.77. The van der Waals surface area contributed by atoms with Crippen molar-refractivity contribution in [1.29, 1.82) is 0 Å². The van der Waals surface area contributed by atoms with Gasteiger partial charge in [-0.15, -0.1) is 0 Å². The summed E-state index contributed by atoms with van der Waals surface area (Å²) in [5.41, 5.74) is 0.935. The number of hydrogen-bond donors (Lipinski definition) is 1. The molecule has 2 rings (SSSR count). The Balaban J connectivity index is 1.95. The summed E-state index contributed by atoms with van der Waals surface area (Å²) in [4.78, 5) is 8.94. The lowest BCUT2D eigenvalue weighted by molar-refractivity contribution is 0.115. The van der Waals surface area contributed by atoms with E-state index in [0.29, 0.717) is 13.2 Å². The monoisotopic (exact) mass is 364 g/mol. The Morgan fingerprint density at radius 3 is 2.73 bits per heavy atom. The molecule has 0 saturated heterocycles. The Labute approximate surface area is 157 Å². The van der Waals surface area contributed by atoms with Crippen LogP contribution in [0, 0.1) is 11.7 Å². The maximum atomic E-state index is 13.6. The molecule has 1 fully saturated rings. The first kappa shape index (κ1) is 20.6. The van der Waals surface area contributed by atoms with Crippen LogP contribution in [0.25, 0.3) is 0 Å². The molecule has 0 radical (unpaired) electrons. The summed E-state index contributed by atoms with van der Waals surface area (Å²) >= 11 is 0. The van der Waals surface area contributed by atoms with Crippen molar-refractivity contribution < 1.29 is 9.13 Å². The Morgan fingerprint density at radius 1 is 1.35 bits per heavy atom. The molecule has 146 valence electrons. The third-order valence-corrected chi connectivity index (χ3v) is 4.59. The van der Waals surface area contributed by atoms with Crippen LogP contribution in [-0.4, -0.2) is 69.8 Å². The number of nitrogens with one attached hydrogen (secondary N) is 1. The van der Waals surface area contributed by atoms with Crippen molar-refractivity contribution >= 4 is 5.96 Å². The molecule has 0 heterocycles. The van der Waals surface area contributed by atoms with Crippen LogP contribution in [0.5, 0.6) is 0 Å². The molecule has 0 aromatic heterocycles. The minimum absolute atomic E-state index is 0.0267. The molecule has 1 saturated carbocycles. The molecular formula is C20H33FN4O. The van der Waals surface area contributed by atoms with E-state index in [2.05, 4.69) is 22.0 Å². The summed E-state index contributed by atoms with van der Waals surface area (Å²) in [7, 11) is 6.01. The van der Waals surface area contributed by atoms with Crippen LogP contribution in [0.1, 0.15) is 31.4 Å². The van der Waals surface area contributed by atoms with E-state index in [1.165, 1.54) is 18.9 Å². The van der Waals surface area contributed by atoms with E-state index < -0.39 is 0 Å². The van der Waals surface area contributed by atoms with E-state index in [1.807, 2.05) is 27.2 Å². The standard InChI is InChI=1S/C20H33FN4O/c1-5-22-20(25(4)11-12-26-15-16-9-10-16)23-14-19(24(2)3)17-7-6-8-18(21)13-17/h6-8,13,16,19H,5,9-12,14-15H2,1-4H3,(H,22,23). The quantitative estimate of drug-likeness (QED) is 0.394. The van der Waals surface area contributed by atoms with E-state index in [-0.39, 0.29) is 11.9 Å². The molecule has 1 unspecified atom stereocenters. The van der Waals surface area contributed by atoms with Gasteiger partial charge >= 0.3 is 0 Å². The van der Waals surface area contributed by atoms with Gasteiger partial charge in [-0.25, -0.2) is 4.39 Å². The predicted molar refractivity (Wildman–Crippen MR) is 105 cm³/mol. The molecule has 1 aliphatic carbocycles. The van der Waals surface area contributed by atoms with Crippen LogP contribution in [0.2, 0.25) is 0 Å². The molecule has 5 nitrogen and oxygen atoms in total. The summed E-state index contributed by atoms with van der Waals surface area (Å²) in [6.45, 7) is 5.81. The third-order valence-electron chi connectivity index (χ3n) is 4.59. The van der Waals surface area contributed by atoms with Gasteiger partial charge < -0.3 is 19.9 Å². The molecule has 0 bridgehead atoms. The predicted octanol–water partition coefficient (Wildman–Crippen LogP) is 2.75. The zero-order valence-corrected chi connectivity index (χ0v) is 16.5. The van der Waals surface area contributed by atoms with Gasteiger partial charge in [0.15, 0.2) is 5.96 Å². The first-order chi connectivity index (χ1) is 12.5. The molecule has 1 aliphatic rings. The van der Waals surface area contributed by atoms with Gasteiger partial charge in [0.25, 0.3) is 0 Å². The third kappa shape index (κ3) is 6.92. The molecule has 0 aliphatic heterocycles. The summed E-state index contributed by atoms with van der Waals surface area (Å²) in [6, 6.07) is 6.78. The number of aliphatic imine (C=N–C) groups is 1. The summed E-state index contributed by atoms with van der Waals surface area (Å²) < 4.78 is 19.3. The van der Waals surface area contributed by atoms with E-state index >= 15 is 0 Å². The lowest BCUT2D eigenvalue weighted by atomic mass is 10.1. The fourth-order valence-electron chi connectivity index (χ4n) is 2.77. The average molecular weight is 365 g/mol. The lowest BCUT2D eigenvalue weighted by Gasteiger charge is -2.26. The van der Waals surface area contributed by atoms with E-state index in [4.69, 9.17) is 9.73 Å². The zero-order valence-electron chi connectivity index (χ0n) is 16.5. The fraction of sp³-hybridized carbons (Fsp3) is 0.650. The van der Waals surface area contributed by atoms with Crippen LogP contribution in [0.15, 0.2) is 29.3 Å². The first-order valence-corrected chi connectivity index (χ1v) is 9.50. The van der Waals surface area contributed by atoms with E-state index in [0.717, 1.165) is 37.1 Å². The van der Waals surface area contributed by atoms with Crippen LogP contribution >= 0.6 is 0 Å². The molecule has 6 heteroatoms. The number of rotatable bonds is 10. The molecule has 0 amide bonds. The lowest BCUT2D eigenvalue weighted by Crippen LogP contribution is -2.41. The topological polar surface area (TPSA) is 40.1 Å². The Morgan fingerprint density at radius 2 is 2.12 bits per heavy atom. The summed E-state index contributed by atoms with van der Waals surface area (Å²) in [5.74, 6) is 1.43. The summed E-state index contributed by atoms with van der Waals surface area (Å²) in [5, 5.41) is 3.33. The second-order valence-corrected chi connectivity index (χ2v) is 7.17. The Hall–Kier alpha value is -1.66. The number of ether oxygens (including phenoxy) is 1. The second-order valence-electron chi connectivity index (χ2n) is 7.17. The molecule has 1 atom stereocenters. The highest BCUT2D eigenvalue weighted by Gasteiger charge is 2.21. The van der Waals surface area contributed by atoms with Gasteiger partial charge in [-0.05, 0) is 57.5 Å². The van der Waals surface area contributed by atoms with Gasteiger partial charge in [0.05, 0.1) is 19.2 Å². The largest absolute Gasteiger partial charge is 0.379 e. The van der Waals surface area contributed by atoms with Crippen molar-refractivity contribution in [2.45, 2.75) is 25.8 Å². The Kier molecular flexibility index (Phi) is 8.32. The van der Waals surface area contributed by atoms with E-state index in [9.17, 15) is 4.39 Å². The number of likely N-dealkylation sites (N-methyl/N-ethyl adjacent to an activating group) is 2. The number of halogens is 1. The zero-order chi connectivity index (χ0) is 18.9. The molecule has 1 N–H and O–H groups in total. The van der Waals surface area contributed by atoms with Gasteiger partial charge in [-0.2, -0.15) is 0 Å². The number of hydrogen-bond acceptors (Lipinski definition) is 3. The molecule has 26 heavy (non-hydrogen) atoms. The smallest absolute Gasteiger partial charge is 0.193 e. The first-order valence-electron chi connectivity index (χ1n) is 9.50. The van der Waals surface area contributed by atoms with Crippen LogP contribution in [-0.2, 0) is 4.74 Å². The van der Waals surface area contributed by atoms with Crippen LogP contribution in [0.4, 0.5) is 4.39 Å². The van der Waals surface area contributed by atoms with Crippen LogP contribution < -0.4 is 5.32 Å².